The second-order valence-corrected chi connectivity index (χ2v) is 7.20. The third kappa shape index (κ3) is 4.06. The first kappa shape index (κ1) is 18.8. The monoisotopic (exact) mass is 396 g/mol. The molecule has 0 aliphatic carbocycles. The Balaban J connectivity index is 1.74. The van der Waals surface area contributed by atoms with E-state index < -0.39 is 11.6 Å². The molecule has 0 unspecified atom stereocenters. The molecule has 3 rings (SSSR count). The van der Waals surface area contributed by atoms with E-state index in [1.165, 1.54) is 17.4 Å². The van der Waals surface area contributed by atoms with Gasteiger partial charge in [-0.15, -0.1) is 11.3 Å². The minimum Gasteiger partial charge on any atom is -0.373 e. The van der Waals surface area contributed by atoms with Crippen LogP contribution < -0.4 is 11.1 Å². The van der Waals surface area contributed by atoms with E-state index in [1.54, 1.807) is 12.3 Å². The van der Waals surface area contributed by atoms with Crippen molar-refractivity contribution in [3.8, 4) is 11.3 Å². The molecule has 3 aromatic rings. The van der Waals surface area contributed by atoms with E-state index in [2.05, 4.69) is 10.4 Å². The van der Waals surface area contributed by atoms with E-state index in [1.807, 2.05) is 23.1 Å². The van der Waals surface area contributed by atoms with Gasteiger partial charge < -0.3 is 11.1 Å². The van der Waals surface area contributed by atoms with Gasteiger partial charge in [0.05, 0.1) is 21.9 Å². The summed E-state index contributed by atoms with van der Waals surface area (Å²) in [5.74, 6) is -1.70. The lowest BCUT2D eigenvalue weighted by atomic mass is 10.1. The minimum atomic E-state index is -0.849. The number of nitrogens with zero attached hydrogens (tertiary/aromatic N) is 2. The Hall–Kier alpha value is -1.96. The number of aromatic nitrogens is 2. The lowest BCUT2D eigenvalue weighted by Gasteiger charge is -2.17. The number of halogens is 3. The molecule has 0 radical (unpaired) electrons. The molecule has 0 bridgehead atoms. The highest BCUT2D eigenvalue weighted by molar-refractivity contribution is 7.14. The zero-order valence-corrected chi connectivity index (χ0v) is 15.7. The second-order valence-electron chi connectivity index (χ2n) is 5.89. The fourth-order valence-corrected chi connectivity index (χ4v) is 3.88. The van der Waals surface area contributed by atoms with E-state index in [9.17, 15) is 8.78 Å². The number of anilines is 1. The maximum Gasteiger partial charge on any atom is 0.159 e. The smallest absolute Gasteiger partial charge is 0.159 e. The predicted molar refractivity (Wildman–Crippen MR) is 103 cm³/mol. The Morgan fingerprint density at radius 1 is 1.31 bits per heavy atom. The van der Waals surface area contributed by atoms with Gasteiger partial charge in [-0.3, -0.25) is 4.68 Å². The van der Waals surface area contributed by atoms with Gasteiger partial charge in [-0.25, -0.2) is 8.78 Å². The molecule has 2 aromatic heterocycles. The Kier molecular flexibility index (Phi) is 5.90. The highest BCUT2D eigenvalue weighted by atomic mass is 35.5. The number of benzene rings is 1. The Morgan fingerprint density at radius 2 is 2.12 bits per heavy atom. The van der Waals surface area contributed by atoms with Gasteiger partial charge in [0.25, 0.3) is 0 Å². The SMILES string of the molecule is CCn1ncc(Cl)c1-c1csc(N[C@H](CN)Cc2ccc(F)c(F)c2)c1. The van der Waals surface area contributed by atoms with Crippen LogP contribution in [0.25, 0.3) is 11.3 Å². The van der Waals surface area contributed by atoms with Gasteiger partial charge in [-0.05, 0) is 37.1 Å². The molecule has 1 aromatic carbocycles. The van der Waals surface area contributed by atoms with Crippen LogP contribution in [0.1, 0.15) is 12.5 Å². The molecule has 2 heterocycles. The van der Waals surface area contributed by atoms with Crippen LogP contribution >= 0.6 is 22.9 Å². The van der Waals surface area contributed by atoms with Crippen LogP contribution in [0.4, 0.5) is 13.8 Å². The molecule has 138 valence electrons. The van der Waals surface area contributed by atoms with Crippen LogP contribution in [-0.4, -0.2) is 22.4 Å². The molecule has 0 aliphatic rings. The first-order chi connectivity index (χ1) is 12.5. The van der Waals surface area contributed by atoms with Crippen molar-refractivity contribution in [2.75, 3.05) is 11.9 Å². The summed E-state index contributed by atoms with van der Waals surface area (Å²) in [5.41, 5.74) is 8.39. The van der Waals surface area contributed by atoms with Crippen molar-refractivity contribution in [1.29, 1.82) is 0 Å². The van der Waals surface area contributed by atoms with Crippen LogP contribution in [0.15, 0.2) is 35.8 Å². The van der Waals surface area contributed by atoms with Crippen molar-refractivity contribution in [1.82, 2.24) is 9.78 Å². The van der Waals surface area contributed by atoms with Crippen LogP contribution in [0, 0.1) is 11.6 Å². The van der Waals surface area contributed by atoms with Crippen molar-refractivity contribution in [3.63, 3.8) is 0 Å². The number of nitrogens with two attached hydrogens (primary N) is 1. The summed E-state index contributed by atoms with van der Waals surface area (Å²) in [4.78, 5) is 0. The summed E-state index contributed by atoms with van der Waals surface area (Å²) in [6.07, 6.45) is 2.13. The van der Waals surface area contributed by atoms with Crippen LogP contribution in [0.2, 0.25) is 5.02 Å². The number of hydrogen-bond acceptors (Lipinski definition) is 4. The molecule has 3 N–H and O–H groups in total. The van der Waals surface area contributed by atoms with Crippen molar-refractivity contribution in [2.45, 2.75) is 25.9 Å². The first-order valence-corrected chi connectivity index (χ1v) is 9.48. The lowest BCUT2D eigenvalue weighted by molar-refractivity contribution is 0.506. The van der Waals surface area contributed by atoms with E-state index in [-0.39, 0.29) is 6.04 Å². The zero-order valence-electron chi connectivity index (χ0n) is 14.2. The molecule has 8 heteroatoms. The highest BCUT2D eigenvalue weighted by Gasteiger charge is 2.15. The molecule has 0 spiro atoms. The summed E-state index contributed by atoms with van der Waals surface area (Å²) in [6.45, 7) is 3.09. The molecule has 0 saturated heterocycles. The van der Waals surface area contributed by atoms with Crippen molar-refractivity contribution in [3.05, 3.63) is 58.1 Å². The van der Waals surface area contributed by atoms with Gasteiger partial charge in [0, 0.05) is 30.1 Å². The Labute approximate surface area is 159 Å². The maximum atomic E-state index is 13.4. The first-order valence-electron chi connectivity index (χ1n) is 8.22. The van der Waals surface area contributed by atoms with Gasteiger partial charge in [-0.2, -0.15) is 5.10 Å². The number of rotatable bonds is 7. The molecule has 0 amide bonds. The number of nitrogens with one attached hydrogen (secondary N) is 1. The maximum absolute atomic E-state index is 13.4. The normalized spacial score (nSPS) is 12.3. The van der Waals surface area contributed by atoms with E-state index in [0.29, 0.717) is 23.6 Å². The Bertz CT molecular complexity index is 893. The van der Waals surface area contributed by atoms with Gasteiger partial charge in [0.2, 0.25) is 0 Å². The van der Waals surface area contributed by atoms with Crippen LogP contribution in [0.5, 0.6) is 0 Å². The molecule has 26 heavy (non-hydrogen) atoms. The largest absolute Gasteiger partial charge is 0.373 e. The topological polar surface area (TPSA) is 55.9 Å². The van der Waals surface area contributed by atoms with Crippen LogP contribution in [-0.2, 0) is 13.0 Å². The molecule has 4 nitrogen and oxygen atoms in total. The predicted octanol–water partition coefficient (Wildman–Crippen LogP) is 4.55. The van der Waals surface area contributed by atoms with Crippen molar-refractivity contribution >= 4 is 27.9 Å². The fraction of sp³-hybridized carbons (Fsp3) is 0.278. The average molecular weight is 397 g/mol. The van der Waals surface area contributed by atoms with E-state index >= 15 is 0 Å². The summed E-state index contributed by atoms with van der Waals surface area (Å²) in [6, 6.07) is 5.81. The number of aryl methyl sites for hydroxylation is 1. The van der Waals surface area contributed by atoms with Gasteiger partial charge in [-0.1, -0.05) is 17.7 Å². The van der Waals surface area contributed by atoms with Crippen molar-refractivity contribution < 1.29 is 8.78 Å². The second kappa shape index (κ2) is 8.16. The van der Waals surface area contributed by atoms with Gasteiger partial charge >= 0.3 is 0 Å². The number of thiophene rings is 1. The summed E-state index contributed by atoms with van der Waals surface area (Å²) in [7, 11) is 0. The lowest BCUT2D eigenvalue weighted by Crippen LogP contribution is -2.30. The van der Waals surface area contributed by atoms with E-state index in [0.717, 1.165) is 28.9 Å². The fourth-order valence-electron chi connectivity index (χ4n) is 2.77. The van der Waals surface area contributed by atoms with Gasteiger partial charge in [0.15, 0.2) is 11.6 Å². The summed E-state index contributed by atoms with van der Waals surface area (Å²) >= 11 is 7.79. The molecular weight excluding hydrogens is 378 g/mol. The molecule has 0 aliphatic heterocycles. The molecular formula is C18H19ClF2N4S. The van der Waals surface area contributed by atoms with E-state index in [4.69, 9.17) is 17.3 Å². The standard InChI is InChI=1S/C18H19ClF2N4S/c1-2-25-18(14(19)9-23-25)12-7-17(26-10-12)24-13(8-22)5-11-3-4-15(20)16(21)6-11/h3-4,6-7,9-10,13,24H,2,5,8,22H2,1H3/t13-/m0/s1. The summed E-state index contributed by atoms with van der Waals surface area (Å²) < 4.78 is 28.3. The van der Waals surface area contributed by atoms with Crippen LogP contribution in [0.3, 0.4) is 0 Å². The quantitative estimate of drug-likeness (QED) is 0.616. The molecule has 0 saturated carbocycles. The molecule has 0 fully saturated rings. The summed E-state index contributed by atoms with van der Waals surface area (Å²) in [5, 5.41) is 11.1. The molecule has 1 atom stereocenters. The minimum absolute atomic E-state index is 0.0991. The highest BCUT2D eigenvalue weighted by Crippen LogP contribution is 2.34. The average Bonchev–Trinajstić information content (AvgIpc) is 3.23. The third-order valence-electron chi connectivity index (χ3n) is 4.06. The van der Waals surface area contributed by atoms with Gasteiger partial charge in [0.1, 0.15) is 0 Å². The third-order valence-corrected chi connectivity index (χ3v) is 5.20. The Morgan fingerprint density at radius 3 is 2.81 bits per heavy atom. The van der Waals surface area contributed by atoms with Crippen molar-refractivity contribution in [2.24, 2.45) is 5.73 Å². The number of hydrogen-bond donors (Lipinski definition) is 2. The zero-order chi connectivity index (χ0) is 18.7.